The van der Waals surface area contributed by atoms with E-state index in [4.69, 9.17) is 0 Å². The van der Waals surface area contributed by atoms with E-state index in [-0.39, 0.29) is 18.2 Å². The van der Waals surface area contributed by atoms with Gasteiger partial charge in [0.25, 0.3) is 0 Å². The second kappa shape index (κ2) is 9.16. The normalized spacial score (nSPS) is 17.9. The third-order valence-electron chi connectivity index (χ3n) is 4.12. The van der Waals surface area contributed by atoms with Gasteiger partial charge >= 0.3 is 0 Å². The molecule has 1 atom stereocenters. The van der Waals surface area contributed by atoms with Crippen molar-refractivity contribution in [3.8, 4) is 0 Å². The van der Waals surface area contributed by atoms with Crippen molar-refractivity contribution in [2.75, 3.05) is 5.32 Å². The molecule has 0 unspecified atom stereocenters. The quantitative estimate of drug-likeness (QED) is 0.524. The molecule has 1 saturated heterocycles. The van der Waals surface area contributed by atoms with Crippen molar-refractivity contribution in [2.24, 2.45) is 10.2 Å². The van der Waals surface area contributed by atoms with Gasteiger partial charge in [-0.3, -0.25) is 9.59 Å². The van der Waals surface area contributed by atoms with E-state index >= 15 is 0 Å². The van der Waals surface area contributed by atoms with Crippen LogP contribution in [0, 0.1) is 13.8 Å². The molecule has 28 heavy (non-hydrogen) atoms. The third-order valence-corrected chi connectivity index (χ3v) is 5.72. The van der Waals surface area contributed by atoms with Crippen molar-refractivity contribution in [1.29, 1.82) is 0 Å². The summed E-state index contributed by atoms with van der Waals surface area (Å²) in [5, 5.41) is 13.5. The van der Waals surface area contributed by atoms with Crippen LogP contribution >= 0.6 is 27.7 Å². The summed E-state index contributed by atoms with van der Waals surface area (Å²) in [5.41, 5.74) is 3.66. The standard InChI is InChI=1S/C20H19BrN4O2S/c1-12-4-3-5-13(2)18(12)23-17(26)10-16-19(27)24-20(28-16)25-22-11-14-6-8-15(21)9-7-14/h3-9,11,16H,10H2,1-2H3,(H,23,26)(H,24,25,27)/b22-11-/t16-/m0/s1. The molecule has 8 heteroatoms. The van der Waals surface area contributed by atoms with Crippen molar-refractivity contribution in [3.63, 3.8) is 0 Å². The van der Waals surface area contributed by atoms with Crippen LogP contribution in [0.25, 0.3) is 0 Å². The van der Waals surface area contributed by atoms with Crippen molar-refractivity contribution < 1.29 is 9.59 Å². The van der Waals surface area contributed by atoms with E-state index in [9.17, 15) is 9.59 Å². The lowest BCUT2D eigenvalue weighted by atomic mass is 10.1. The second-order valence-electron chi connectivity index (χ2n) is 6.32. The fraction of sp³-hybridized carbons (Fsp3) is 0.200. The van der Waals surface area contributed by atoms with Gasteiger partial charge in [0.2, 0.25) is 11.8 Å². The van der Waals surface area contributed by atoms with E-state index in [1.165, 1.54) is 11.8 Å². The van der Waals surface area contributed by atoms with Crippen LogP contribution in [0.5, 0.6) is 0 Å². The number of carbonyl (C=O) groups excluding carboxylic acids is 2. The number of benzene rings is 2. The largest absolute Gasteiger partial charge is 0.326 e. The maximum atomic E-state index is 12.4. The van der Waals surface area contributed by atoms with Crippen LogP contribution in [0.3, 0.4) is 0 Å². The monoisotopic (exact) mass is 458 g/mol. The van der Waals surface area contributed by atoms with Crippen molar-refractivity contribution in [2.45, 2.75) is 25.5 Å². The van der Waals surface area contributed by atoms with E-state index in [2.05, 4.69) is 36.8 Å². The van der Waals surface area contributed by atoms with Gasteiger partial charge in [0.05, 0.1) is 6.21 Å². The predicted molar refractivity (Wildman–Crippen MR) is 118 cm³/mol. The number of aryl methyl sites for hydroxylation is 2. The molecule has 0 aliphatic carbocycles. The predicted octanol–water partition coefficient (Wildman–Crippen LogP) is 4.02. The van der Waals surface area contributed by atoms with Crippen molar-refractivity contribution in [3.05, 3.63) is 63.6 Å². The Labute approximate surface area is 176 Å². The summed E-state index contributed by atoms with van der Waals surface area (Å²) in [5.74, 6) is -0.441. The minimum atomic E-state index is -0.522. The van der Waals surface area contributed by atoms with Crippen molar-refractivity contribution >= 4 is 56.6 Å². The number of nitrogens with zero attached hydrogens (tertiary/aromatic N) is 2. The first kappa shape index (κ1) is 20.3. The lowest BCUT2D eigenvalue weighted by molar-refractivity contribution is -0.122. The number of para-hydroxylation sites is 1. The number of amides is 2. The molecule has 0 bridgehead atoms. The molecule has 2 N–H and O–H groups in total. The number of hydrogen-bond acceptors (Lipinski definition) is 5. The Morgan fingerprint density at radius 3 is 2.57 bits per heavy atom. The number of anilines is 1. The van der Waals surface area contributed by atoms with Crippen LogP contribution in [0.15, 0.2) is 57.1 Å². The highest BCUT2D eigenvalue weighted by Crippen LogP contribution is 2.24. The summed E-state index contributed by atoms with van der Waals surface area (Å²) in [7, 11) is 0. The van der Waals surface area contributed by atoms with Crippen LogP contribution < -0.4 is 10.6 Å². The average molecular weight is 459 g/mol. The molecular weight excluding hydrogens is 440 g/mol. The minimum absolute atomic E-state index is 0.0692. The molecule has 2 aromatic rings. The number of hydrogen-bond donors (Lipinski definition) is 2. The molecule has 1 fully saturated rings. The van der Waals surface area contributed by atoms with Gasteiger partial charge in [-0.25, -0.2) is 0 Å². The number of thioether (sulfide) groups is 1. The van der Waals surface area contributed by atoms with Crippen molar-refractivity contribution in [1.82, 2.24) is 5.32 Å². The van der Waals surface area contributed by atoms with Gasteiger partial charge < -0.3 is 10.6 Å². The molecule has 0 aromatic heterocycles. The second-order valence-corrected chi connectivity index (χ2v) is 8.42. The Kier molecular flexibility index (Phi) is 6.64. The molecule has 2 amide bonds. The lowest BCUT2D eigenvalue weighted by Gasteiger charge is -2.12. The number of nitrogens with one attached hydrogen (secondary N) is 2. The van der Waals surface area contributed by atoms with Gasteiger partial charge in [0.15, 0.2) is 5.17 Å². The smallest absolute Gasteiger partial charge is 0.240 e. The van der Waals surface area contributed by atoms with Gasteiger partial charge in [-0.2, -0.15) is 5.10 Å². The molecule has 1 aliphatic rings. The zero-order valence-corrected chi connectivity index (χ0v) is 17.8. The molecule has 1 aliphatic heterocycles. The average Bonchev–Trinajstić information content (AvgIpc) is 2.99. The summed E-state index contributed by atoms with van der Waals surface area (Å²) in [6, 6.07) is 13.4. The summed E-state index contributed by atoms with van der Waals surface area (Å²) in [6.07, 6.45) is 1.67. The van der Waals surface area contributed by atoms with Gasteiger partial charge in [-0.1, -0.05) is 58.0 Å². The molecule has 0 saturated carbocycles. The van der Waals surface area contributed by atoms with E-state index in [1.54, 1.807) is 6.21 Å². The fourth-order valence-electron chi connectivity index (χ4n) is 2.65. The number of rotatable bonds is 5. The molecule has 2 aromatic carbocycles. The summed E-state index contributed by atoms with van der Waals surface area (Å²) in [4.78, 5) is 24.5. The maximum Gasteiger partial charge on any atom is 0.240 e. The zero-order chi connectivity index (χ0) is 20.1. The molecule has 144 valence electrons. The first-order valence-electron chi connectivity index (χ1n) is 8.62. The summed E-state index contributed by atoms with van der Waals surface area (Å²) in [6.45, 7) is 3.88. The minimum Gasteiger partial charge on any atom is -0.326 e. The van der Waals surface area contributed by atoms with E-state index < -0.39 is 5.25 Å². The van der Waals surface area contributed by atoms with Crippen LogP contribution in [-0.4, -0.2) is 28.4 Å². The van der Waals surface area contributed by atoms with E-state index in [1.807, 2.05) is 56.3 Å². The fourth-order valence-corrected chi connectivity index (χ4v) is 3.84. The number of carbonyl (C=O) groups is 2. The highest BCUT2D eigenvalue weighted by atomic mass is 79.9. The highest BCUT2D eigenvalue weighted by Gasteiger charge is 2.32. The Morgan fingerprint density at radius 1 is 1.21 bits per heavy atom. The Balaban J connectivity index is 1.58. The van der Waals surface area contributed by atoms with Crippen LogP contribution in [0.1, 0.15) is 23.1 Å². The Morgan fingerprint density at radius 2 is 1.89 bits per heavy atom. The van der Waals surface area contributed by atoms with Gasteiger partial charge in [-0.05, 0) is 42.7 Å². The molecule has 1 heterocycles. The molecule has 0 radical (unpaired) electrons. The number of amidine groups is 1. The summed E-state index contributed by atoms with van der Waals surface area (Å²) >= 11 is 4.58. The van der Waals surface area contributed by atoms with Crippen LogP contribution in [-0.2, 0) is 9.59 Å². The Bertz CT molecular complexity index is 937. The van der Waals surface area contributed by atoms with E-state index in [0.29, 0.717) is 5.17 Å². The van der Waals surface area contributed by atoms with E-state index in [0.717, 1.165) is 26.9 Å². The summed E-state index contributed by atoms with van der Waals surface area (Å²) < 4.78 is 0.983. The topological polar surface area (TPSA) is 82.9 Å². The third kappa shape index (κ3) is 5.30. The first-order chi connectivity index (χ1) is 13.4. The Hall–Kier alpha value is -2.45. The molecule has 6 nitrogen and oxygen atoms in total. The molecular formula is C20H19BrN4O2S. The van der Waals surface area contributed by atoms with Crippen LogP contribution in [0.4, 0.5) is 5.69 Å². The number of halogens is 1. The van der Waals surface area contributed by atoms with Gasteiger partial charge in [0, 0.05) is 16.6 Å². The molecule has 3 rings (SSSR count). The van der Waals surface area contributed by atoms with Gasteiger partial charge in [0.1, 0.15) is 5.25 Å². The SMILES string of the molecule is Cc1cccc(C)c1NC(=O)C[C@@H]1S/C(=N/N=C\c2ccc(Br)cc2)NC1=O. The zero-order valence-electron chi connectivity index (χ0n) is 15.4. The maximum absolute atomic E-state index is 12.4. The highest BCUT2D eigenvalue weighted by molar-refractivity contribution is 9.10. The van der Waals surface area contributed by atoms with Crippen LogP contribution in [0.2, 0.25) is 0 Å². The lowest BCUT2D eigenvalue weighted by Crippen LogP contribution is -2.28. The first-order valence-corrected chi connectivity index (χ1v) is 10.3. The molecule has 0 spiro atoms. The van der Waals surface area contributed by atoms with Gasteiger partial charge in [-0.15, -0.1) is 5.10 Å².